The highest BCUT2D eigenvalue weighted by Gasteiger charge is 2.51. The summed E-state index contributed by atoms with van der Waals surface area (Å²) in [6, 6.07) is 0.987. The van der Waals surface area contributed by atoms with Crippen LogP contribution in [0.25, 0.3) is 0 Å². The second kappa shape index (κ2) is 11.9. The van der Waals surface area contributed by atoms with Gasteiger partial charge in [0, 0.05) is 17.9 Å². The fraction of sp³-hybridized carbons (Fsp3) is 0.467. The van der Waals surface area contributed by atoms with Gasteiger partial charge in [0.25, 0.3) is 0 Å². The highest BCUT2D eigenvalue weighted by Crippen LogP contribution is 2.49. The quantitative estimate of drug-likeness (QED) is 0.279. The second-order valence-corrected chi connectivity index (χ2v) is 10.8. The molecule has 3 aliphatic carbocycles. The molecule has 0 N–H and O–H groups in total. The molecule has 1 aromatic carbocycles. The Hall–Kier alpha value is -3.05. The van der Waals surface area contributed by atoms with Crippen molar-refractivity contribution in [2.75, 3.05) is 0 Å². The number of hydrogen-bond acceptors (Lipinski definition) is 1. The lowest BCUT2D eigenvalue weighted by Gasteiger charge is -2.37. The molecule has 0 spiro atoms. The molecular formula is C30H27F11O. The average Bonchev–Trinajstić information content (AvgIpc) is 2.81. The molecule has 1 aromatic rings. The van der Waals surface area contributed by atoms with Crippen LogP contribution in [0.5, 0.6) is 0 Å². The topological polar surface area (TPSA) is 9.23 Å². The largest absolute Gasteiger partial charge is 0.432 e. The SMILES string of the molecule is CCCC1CC(C2CC=C(C)C=C2F)C=C(F)C1c1cc(F)c(C(F)(F)OC2=CC(F)C(C(F)(F)F)C(F)=C2)c(F)c1. The Morgan fingerprint density at radius 2 is 1.52 bits per heavy atom. The van der Waals surface area contributed by atoms with Crippen LogP contribution in [0.3, 0.4) is 0 Å². The summed E-state index contributed by atoms with van der Waals surface area (Å²) >= 11 is 0. The molecule has 0 saturated heterocycles. The minimum absolute atomic E-state index is 0.0747. The van der Waals surface area contributed by atoms with E-state index < -0.39 is 88.5 Å². The summed E-state index contributed by atoms with van der Waals surface area (Å²) in [5, 5.41) is 0. The first-order valence-electron chi connectivity index (χ1n) is 13.3. The molecule has 0 aromatic heterocycles. The van der Waals surface area contributed by atoms with Crippen LogP contribution in [0.2, 0.25) is 0 Å². The van der Waals surface area contributed by atoms with E-state index in [1.807, 2.05) is 6.08 Å². The van der Waals surface area contributed by atoms with E-state index in [1.165, 1.54) is 12.2 Å². The van der Waals surface area contributed by atoms with Crippen LogP contribution in [0, 0.1) is 35.3 Å². The molecule has 6 atom stereocenters. The lowest BCUT2D eigenvalue weighted by Crippen LogP contribution is -2.34. The fourth-order valence-corrected chi connectivity index (χ4v) is 5.97. The van der Waals surface area contributed by atoms with Gasteiger partial charge in [0.15, 0.2) is 0 Å². The van der Waals surface area contributed by atoms with Crippen LogP contribution in [-0.4, -0.2) is 12.3 Å². The van der Waals surface area contributed by atoms with Gasteiger partial charge in [0.05, 0.1) is 0 Å². The molecule has 0 saturated carbocycles. The van der Waals surface area contributed by atoms with E-state index in [1.54, 1.807) is 13.8 Å². The predicted molar refractivity (Wildman–Crippen MR) is 133 cm³/mol. The lowest BCUT2D eigenvalue weighted by molar-refractivity contribution is -0.226. The number of ether oxygens (including phenoxy) is 1. The third-order valence-corrected chi connectivity index (χ3v) is 7.84. The van der Waals surface area contributed by atoms with Gasteiger partial charge in [-0.2, -0.15) is 22.0 Å². The van der Waals surface area contributed by atoms with E-state index in [2.05, 4.69) is 4.74 Å². The molecule has 0 bridgehead atoms. The number of alkyl halides is 6. The first-order valence-corrected chi connectivity index (χ1v) is 13.3. The van der Waals surface area contributed by atoms with E-state index in [-0.39, 0.29) is 24.1 Å². The van der Waals surface area contributed by atoms with Crippen LogP contribution in [0.15, 0.2) is 71.3 Å². The van der Waals surface area contributed by atoms with Crippen molar-refractivity contribution < 1.29 is 53.0 Å². The molecule has 12 heteroatoms. The molecule has 0 fully saturated rings. The maximum Gasteiger partial charge on any atom is 0.432 e. The third-order valence-electron chi connectivity index (χ3n) is 7.84. The van der Waals surface area contributed by atoms with Gasteiger partial charge in [-0.05, 0) is 73.9 Å². The van der Waals surface area contributed by atoms with Crippen molar-refractivity contribution in [3.63, 3.8) is 0 Å². The first-order chi connectivity index (χ1) is 19.5. The fourth-order valence-electron chi connectivity index (χ4n) is 5.97. The summed E-state index contributed by atoms with van der Waals surface area (Å²) < 4.78 is 160. The van der Waals surface area contributed by atoms with E-state index in [0.29, 0.717) is 31.4 Å². The maximum absolute atomic E-state index is 15.5. The molecule has 230 valence electrons. The summed E-state index contributed by atoms with van der Waals surface area (Å²) in [6.45, 7) is 3.53. The van der Waals surface area contributed by atoms with Gasteiger partial charge in [0.1, 0.15) is 52.5 Å². The van der Waals surface area contributed by atoms with Gasteiger partial charge in [0.2, 0.25) is 0 Å². The zero-order valence-electron chi connectivity index (χ0n) is 22.4. The van der Waals surface area contributed by atoms with Crippen molar-refractivity contribution in [3.8, 4) is 0 Å². The predicted octanol–water partition coefficient (Wildman–Crippen LogP) is 10.5. The van der Waals surface area contributed by atoms with E-state index in [9.17, 15) is 35.1 Å². The van der Waals surface area contributed by atoms with Crippen LogP contribution >= 0.6 is 0 Å². The Kier molecular flexibility index (Phi) is 9.04. The summed E-state index contributed by atoms with van der Waals surface area (Å²) in [4.78, 5) is 0. The van der Waals surface area contributed by atoms with Crippen molar-refractivity contribution in [1.82, 2.24) is 0 Å². The van der Waals surface area contributed by atoms with E-state index in [0.717, 1.165) is 5.57 Å². The van der Waals surface area contributed by atoms with Gasteiger partial charge in [-0.25, -0.2) is 26.3 Å². The number of allylic oxidation sites excluding steroid dienone is 9. The Bertz CT molecular complexity index is 1330. The number of hydrogen-bond donors (Lipinski definition) is 0. The minimum atomic E-state index is -5.37. The van der Waals surface area contributed by atoms with Crippen LogP contribution in [-0.2, 0) is 10.8 Å². The minimum Gasteiger partial charge on any atom is -0.429 e. The summed E-state index contributed by atoms with van der Waals surface area (Å²) in [5.41, 5.74) is -1.55. The Labute approximate surface area is 235 Å². The highest BCUT2D eigenvalue weighted by atomic mass is 19.4. The lowest BCUT2D eigenvalue weighted by atomic mass is 9.68. The van der Waals surface area contributed by atoms with Gasteiger partial charge in [-0.1, -0.05) is 25.0 Å². The van der Waals surface area contributed by atoms with Gasteiger partial charge in [-0.15, -0.1) is 0 Å². The monoisotopic (exact) mass is 612 g/mol. The summed E-state index contributed by atoms with van der Waals surface area (Å²) in [5.74, 6) is -14.7. The van der Waals surface area contributed by atoms with Crippen molar-refractivity contribution in [1.29, 1.82) is 0 Å². The molecule has 0 amide bonds. The third kappa shape index (κ3) is 6.46. The normalized spacial score (nSPS) is 28.8. The first kappa shape index (κ1) is 31.9. The van der Waals surface area contributed by atoms with Crippen molar-refractivity contribution >= 4 is 0 Å². The zero-order valence-corrected chi connectivity index (χ0v) is 22.4. The maximum atomic E-state index is 15.5. The zero-order chi connectivity index (χ0) is 31.1. The molecule has 3 aliphatic rings. The van der Waals surface area contributed by atoms with Crippen LogP contribution in [0.4, 0.5) is 48.3 Å². The Balaban J connectivity index is 1.62. The molecular weight excluding hydrogens is 585 g/mol. The summed E-state index contributed by atoms with van der Waals surface area (Å²) in [7, 11) is 0. The molecule has 4 rings (SSSR count). The van der Waals surface area contributed by atoms with Crippen molar-refractivity contribution in [2.45, 2.75) is 63.9 Å². The van der Waals surface area contributed by atoms with Gasteiger partial charge in [-0.3, -0.25) is 0 Å². The smallest absolute Gasteiger partial charge is 0.429 e. The van der Waals surface area contributed by atoms with Gasteiger partial charge < -0.3 is 4.74 Å². The standard InChI is InChI=1S/C30H27F11O/c1-3-4-15-8-16(19-6-5-14(2)7-20(19)31)9-21(32)26(15)17-10-22(33)28(23(34)11-17)30(40,41)42-18-12-24(35)27(25(36)13-18)29(37,38)39/h5,7,9-13,15-16,19,24,26-27H,3-4,6,8H2,1-2H3. The molecule has 42 heavy (non-hydrogen) atoms. The molecule has 0 heterocycles. The second-order valence-electron chi connectivity index (χ2n) is 10.8. The Morgan fingerprint density at radius 3 is 2.07 bits per heavy atom. The number of benzene rings is 1. The van der Waals surface area contributed by atoms with Crippen LogP contribution < -0.4 is 0 Å². The molecule has 6 unspecified atom stereocenters. The van der Waals surface area contributed by atoms with Crippen molar-refractivity contribution in [2.24, 2.45) is 23.7 Å². The molecule has 0 aliphatic heterocycles. The molecule has 0 radical (unpaired) electrons. The van der Waals surface area contributed by atoms with Crippen molar-refractivity contribution in [3.05, 3.63) is 94.1 Å². The number of halogens is 11. The average molecular weight is 613 g/mol. The Morgan fingerprint density at radius 1 is 0.881 bits per heavy atom. The number of rotatable bonds is 7. The van der Waals surface area contributed by atoms with Crippen LogP contribution in [0.1, 0.15) is 56.6 Å². The van der Waals surface area contributed by atoms with E-state index >= 15 is 13.2 Å². The van der Waals surface area contributed by atoms with Gasteiger partial charge >= 0.3 is 12.3 Å². The summed E-state index contributed by atoms with van der Waals surface area (Å²) in [6.07, 6.45) is -7.70. The van der Waals surface area contributed by atoms with E-state index in [4.69, 9.17) is 0 Å². The highest BCUT2D eigenvalue weighted by molar-refractivity contribution is 5.37. The molecule has 1 nitrogen and oxygen atoms in total.